The number of rotatable bonds is 7. The van der Waals surface area contributed by atoms with Gasteiger partial charge in [0.05, 0.1) is 24.9 Å². The molecule has 4 aliphatic rings. The number of hydrazine groups is 1. The van der Waals surface area contributed by atoms with Crippen molar-refractivity contribution in [2.24, 2.45) is 0 Å². The lowest BCUT2D eigenvalue weighted by Gasteiger charge is -2.47. The summed E-state index contributed by atoms with van der Waals surface area (Å²) in [7, 11) is 0. The molecule has 1 heterocycles. The van der Waals surface area contributed by atoms with Crippen molar-refractivity contribution in [2.75, 3.05) is 24.8 Å². The Bertz CT molecular complexity index is 1310. The first-order valence-corrected chi connectivity index (χ1v) is 14.5. The number of halogens is 3. The number of hydrogen-bond acceptors (Lipinski definition) is 4. The minimum atomic E-state index is -2.70. The zero-order valence-electron chi connectivity index (χ0n) is 24.4. The molecule has 0 spiro atoms. The molecule has 5 rings (SSSR count). The van der Waals surface area contributed by atoms with Crippen molar-refractivity contribution in [1.82, 2.24) is 10.3 Å². The van der Waals surface area contributed by atoms with Crippen LogP contribution in [-0.4, -0.2) is 54.7 Å². The number of morpholine rings is 1. The smallest absolute Gasteiger partial charge is 0.248 e. The average Bonchev–Trinajstić information content (AvgIpc) is 3.77. The summed E-state index contributed by atoms with van der Waals surface area (Å²) in [6, 6.07) is 6.72. The third kappa shape index (κ3) is 7.06. The van der Waals surface area contributed by atoms with Gasteiger partial charge >= 0.3 is 0 Å². The molecule has 1 aromatic rings. The van der Waals surface area contributed by atoms with Gasteiger partial charge in [-0.05, 0) is 73.1 Å². The van der Waals surface area contributed by atoms with Crippen molar-refractivity contribution >= 4 is 11.6 Å². The van der Waals surface area contributed by atoms with Gasteiger partial charge in [-0.15, -0.1) is 5.73 Å². The SMILES string of the molecule is CC1=CCC(C(C(=O)NC2CCC(F)(F)CC2)N(c2ccc(C(C)(C)C)cc2)N2CCOC[C@@H]2C2=C=C2)=CC(F)=C1. The Balaban J connectivity index is 1.57. The maximum absolute atomic E-state index is 15.1. The number of anilines is 1. The molecule has 3 aliphatic carbocycles. The molecule has 1 aliphatic heterocycles. The van der Waals surface area contributed by atoms with E-state index < -0.39 is 17.8 Å². The number of nitrogens with one attached hydrogen (secondary N) is 1. The second-order valence-electron chi connectivity index (χ2n) is 12.6. The second kappa shape index (κ2) is 11.7. The fourth-order valence-corrected chi connectivity index (χ4v) is 5.82. The van der Waals surface area contributed by atoms with E-state index in [2.05, 4.69) is 49.0 Å². The molecule has 1 saturated carbocycles. The minimum absolute atomic E-state index is 0.0620. The van der Waals surface area contributed by atoms with E-state index in [0.717, 1.165) is 22.4 Å². The molecule has 1 N–H and O–H groups in total. The van der Waals surface area contributed by atoms with Gasteiger partial charge in [-0.1, -0.05) is 44.6 Å². The fourth-order valence-electron chi connectivity index (χ4n) is 5.82. The monoisotopic (exact) mass is 567 g/mol. The topological polar surface area (TPSA) is 44.8 Å². The highest BCUT2D eigenvalue weighted by molar-refractivity contribution is 5.89. The molecule has 1 saturated heterocycles. The average molecular weight is 568 g/mol. The van der Waals surface area contributed by atoms with Crippen LogP contribution in [0.15, 0.2) is 76.8 Å². The Labute approximate surface area is 241 Å². The number of amides is 1. The largest absolute Gasteiger partial charge is 0.378 e. The number of benzene rings is 1. The predicted octanol–water partition coefficient (Wildman–Crippen LogP) is 6.69. The summed E-state index contributed by atoms with van der Waals surface area (Å²) in [5, 5.41) is 7.18. The molecule has 5 nitrogen and oxygen atoms in total. The maximum Gasteiger partial charge on any atom is 0.248 e. The normalized spacial score (nSPS) is 23.9. The first-order chi connectivity index (χ1) is 19.4. The van der Waals surface area contributed by atoms with Gasteiger partial charge in [0.1, 0.15) is 11.9 Å². The molecule has 41 heavy (non-hydrogen) atoms. The molecule has 1 amide bonds. The van der Waals surface area contributed by atoms with E-state index in [9.17, 15) is 13.6 Å². The van der Waals surface area contributed by atoms with Crippen LogP contribution in [-0.2, 0) is 14.9 Å². The zero-order chi connectivity index (χ0) is 29.4. The number of carbonyl (C=O) groups excluding carboxylic acids is 1. The van der Waals surface area contributed by atoms with Crippen LogP contribution in [0, 0.1) is 0 Å². The highest BCUT2D eigenvalue weighted by atomic mass is 19.3. The number of alkyl halides is 2. The summed E-state index contributed by atoms with van der Waals surface area (Å²) in [5.74, 6) is -3.45. The van der Waals surface area contributed by atoms with Crippen LogP contribution in [0.5, 0.6) is 0 Å². The Morgan fingerprint density at radius 2 is 1.85 bits per heavy atom. The molecular formula is C33H40F3N3O2. The lowest BCUT2D eigenvalue weighted by Crippen LogP contribution is -2.63. The maximum atomic E-state index is 15.1. The van der Waals surface area contributed by atoms with Gasteiger partial charge < -0.3 is 10.1 Å². The van der Waals surface area contributed by atoms with Gasteiger partial charge in [0.2, 0.25) is 11.8 Å². The molecule has 1 unspecified atom stereocenters. The lowest BCUT2D eigenvalue weighted by molar-refractivity contribution is -0.125. The van der Waals surface area contributed by atoms with Gasteiger partial charge in [0.15, 0.2) is 0 Å². The first kappa shape index (κ1) is 29.4. The van der Waals surface area contributed by atoms with Crippen LogP contribution in [0.1, 0.15) is 65.4 Å². The summed E-state index contributed by atoms with van der Waals surface area (Å²) in [5.41, 5.74) is 7.45. The van der Waals surface area contributed by atoms with Gasteiger partial charge in [-0.3, -0.25) is 9.80 Å². The standard InChI is InChI=1S/C33H40F3N3O2/c1-22-5-6-24(20-26(34)19-22)30(31(40)37-27-13-15-33(35,36)16-14-27)39(28-11-9-25(10-12-28)32(2,3)4)38-17-18-41-21-29(38)23-7-8-23/h5,7,9-12,19-20,27,29-30H,6,13-18,21H2,1-4H3,(H,37,40)/t29-,30?/m1/s1. The first-order valence-electron chi connectivity index (χ1n) is 14.5. The highest BCUT2D eigenvalue weighted by Gasteiger charge is 2.42. The van der Waals surface area contributed by atoms with Crippen LogP contribution in [0.4, 0.5) is 18.9 Å². The van der Waals surface area contributed by atoms with Crippen molar-refractivity contribution in [3.8, 4) is 0 Å². The van der Waals surface area contributed by atoms with Crippen molar-refractivity contribution < 1.29 is 22.7 Å². The van der Waals surface area contributed by atoms with Gasteiger partial charge in [0, 0.05) is 31.0 Å². The van der Waals surface area contributed by atoms with Crippen molar-refractivity contribution in [1.29, 1.82) is 0 Å². The summed E-state index contributed by atoms with van der Waals surface area (Å²) < 4.78 is 48.7. The quantitative estimate of drug-likeness (QED) is 0.373. The Morgan fingerprint density at radius 3 is 2.49 bits per heavy atom. The summed E-state index contributed by atoms with van der Waals surface area (Å²) in [6.07, 6.45) is 7.03. The molecule has 2 atom stereocenters. The van der Waals surface area contributed by atoms with Crippen LogP contribution in [0.3, 0.4) is 0 Å². The lowest BCUT2D eigenvalue weighted by atomic mass is 9.87. The Hall–Kier alpha value is -3.06. The van der Waals surface area contributed by atoms with E-state index in [1.54, 1.807) is 0 Å². The zero-order valence-corrected chi connectivity index (χ0v) is 24.4. The Kier molecular flexibility index (Phi) is 8.38. The van der Waals surface area contributed by atoms with E-state index >= 15 is 4.39 Å². The fraction of sp³-hybridized carbons (Fsp3) is 0.515. The van der Waals surface area contributed by atoms with Crippen LogP contribution in [0.25, 0.3) is 0 Å². The third-order valence-electron chi connectivity index (χ3n) is 8.30. The summed E-state index contributed by atoms with van der Waals surface area (Å²) >= 11 is 0. The minimum Gasteiger partial charge on any atom is -0.378 e. The number of allylic oxidation sites excluding steroid dienone is 5. The van der Waals surface area contributed by atoms with Crippen LogP contribution < -0.4 is 10.3 Å². The number of hydrogen-bond donors (Lipinski definition) is 1. The van der Waals surface area contributed by atoms with E-state index in [1.807, 2.05) is 36.2 Å². The van der Waals surface area contributed by atoms with E-state index in [0.29, 0.717) is 31.8 Å². The molecule has 2 fully saturated rings. The third-order valence-corrected chi connectivity index (χ3v) is 8.30. The molecule has 8 heteroatoms. The van der Waals surface area contributed by atoms with E-state index in [-0.39, 0.29) is 49.1 Å². The predicted molar refractivity (Wildman–Crippen MR) is 155 cm³/mol. The number of nitrogens with zero attached hydrogens (tertiary/aromatic N) is 2. The molecule has 220 valence electrons. The number of ether oxygens (including phenoxy) is 1. The molecule has 1 aromatic carbocycles. The molecule has 0 bridgehead atoms. The van der Waals surface area contributed by atoms with Crippen LogP contribution in [0.2, 0.25) is 0 Å². The summed E-state index contributed by atoms with van der Waals surface area (Å²) in [4.78, 5) is 14.3. The molecular weight excluding hydrogens is 527 g/mol. The van der Waals surface area contributed by atoms with Gasteiger partial charge in [-0.25, -0.2) is 18.2 Å². The van der Waals surface area contributed by atoms with E-state index in [1.165, 1.54) is 12.2 Å². The number of carbonyl (C=O) groups is 1. The highest BCUT2D eigenvalue weighted by Crippen LogP contribution is 2.36. The Morgan fingerprint density at radius 1 is 1.17 bits per heavy atom. The van der Waals surface area contributed by atoms with Gasteiger partial charge in [0.25, 0.3) is 0 Å². The van der Waals surface area contributed by atoms with E-state index in [4.69, 9.17) is 4.74 Å². The second-order valence-corrected chi connectivity index (χ2v) is 12.6. The van der Waals surface area contributed by atoms with Crippen molar-refractivity contribution in [2.45, 2.75) is 89.3 Å². The molecule has 0 aromatic heterocycles. The van der Waals surface area contributed by atoms with Crippen LogP contribution >= 0.6 is 0 Å². The molecule has 0 radical (unpaired) electrons. The van der Waals surface area contributed by atoms with Crippen molar-refractivity contribution in [3.63, 3.8) is 0 Å². The van der Waals surface area contributed by atoms with Gasteiger partial charge in [-0.2, -0.15) is 0 Å². The summed E-state index contributed by atoms with van der Waals surface area (Å²) in [6.45, 7) is 9.70. The van der Waals surface area contributed by atoms with Crippen molar-refractivity contribution in [3.05, 3.63) is 82.4 Å².